The van der Waals surface area contributed by atoms with Gasteiger partial charge >= 0.3 is 0 Å². The van der Waals surface area contributed by atoms with Crippen molar-refractivity contribution in [2.45, 2.75) is 0 Å². The summed E-state index contributed by atoms with van der Waals surface area (Å²) in [6, 6.07) is 12.3. The summed E-state index contributed by atoms with van der Waals surface area (Å²) in [4.78, 5) is 12.0. The Morgan fingerprint density at radius 3 is 2.21 bits per heavy atom. The Balaban J connectivity index is 2.06. The molecule has 0 amide bonds. The van der Waals surface area contributed by atoms with E-state index in [0.29, 0.717) is 16.3 Å². The van der Waals surface area contributed by atoms with Crippen LogP contribution >= 0.6 is 43.5 Å². The number of Topliss-reactive ketones (excluding diaryl/α,β-unsaturated/α-hetero) is 1. The van der Waals surface area contributed by atoms with Crippen molar-refractivity contribution >= 4 is 49.2 Å². The van der Waals surface area contributed by atoms with Gasteiger partial charge in [0.05, 0.1) is 8.95 Å². The van der Waals surface area contributed by atoms with Crippen LogP contribution in [0, 0.1) is 0 Å². The first kappa shape index (κ1) is 14.6. The van der Waals surface area contributed by atoms with E-state index < -0.39 is 0 Å². The third-order valence-corrected chi connectivity index (χ3v) is 3.93. The van der Waals surface area contributed by atoms with Crippen molar-refractivity contribution in [1.82, 2.24) is 0 Å². The molecule has 98 valence electrons. The molecule has 0 aliphatic rings. The maximum Gasteiger partial charge on any atom is 0.200 e. The van der Waals surface area contributed by atoms with Crippen LogP contribution in [0.4, 0.5) is 0 Å². The van der Waals surface area contributed by atoms with Crippen LogP contribution in [0.5, 0.6) is 5.75 Å². The minimum Gasteiger partial charge on any atom is -0.483 e. The molecule has 0 saturated heterocycles. The molecule has 19 heavy (non-hydrogen) atoms. The number of halogens is 3. The maximum absolute atomic E-state index is 12.0. The average molecular weight is 404 g/mol. The number of ether oxygens (including phenoxy) is 1. The minimum absolute atomic E-state index is 0.0250. The Morgan fingerprint density at radius 1 is 1.05 bits per heavy atom. The fraction of sp³-hybridized carbons (Fsp3) is 0.0714. The first-order valence-corrected chi connectivity index (χ1v) is 7.40. The number of ketones is 1. The molecule has 0 bridgehead atoms. The highest BCUT2D eigenvalue weighted by molar-refractivity contribution is 9.11. The molecule has 0 aromatic heterocycles. The standard InChI is InChI=1S/C14H9Br2ClO2/c15-11-2-1-3-12(16)14(11)19-8-13(18)9-4-6-10(17)7-5-9/h1-7H,8H2. The number of hydrogen-bond acceptors (Lipinski definition) is 2. The highest BCUT2D eigenvalue weighted by atomic mass is 79.9. The monoisotopic (exact) mass is 402 g/mol. The van der Waals surface area contributed by atoms with Crippen LogP contribution in [0.15, 0.2) is 51.4 Å². The fourth-order valence-corrected chi connectivity index (χ4v) is 2.83. The molecular weight excluding hydrogens is 395 g/mol. The quantitative estimate of drug-likeness (QED) is 0.661. The van der Waals surface area contributed by atoms with Gasteiger partial charge < -0.3 is 4.74 Å². The smallest absolute Gasteiger partial charge is 0.200 e. The van der Waals surface area contributed by atoms with Gasteiger partial charge in [-0.25, -0.2) is 0 Å². The first-order chi connectivity index (χ1) is 9.08. The fourth-order valence-electron chi connectivity index (χ4n) is 1.48. The van der Waals surface area contributed by atoms with E-state index in [-0.39, 0.29) is 12.4 Å². The van der Waals surface area contributed by atoms with Crippen molar-refractivity contribution in [3.63, 3.8) is 0 Å². The van der Waals surface area contributed by atoms with E-state index in [0.717, 1.165) is 8.95 Å². The Hall–Kier alpha value is -0.840. The Labute approximate surface area is 133 Å². The Morgan fingerprint density at radius 2 is 1.63 bits per heavy atom. The van der Waals surface area contributed by atoms with Gasteiger partial charge in [-0.05, 0) is 68.3 Å². The summed E-state index contributed by atoms with van der Waals surface area (Å²) in [5, 5.41) is 0.603. The zero-order chi connectivity index (χ0) is 13.8. The molecule has 2 nitrogen and oxygen atoms in total. The molecule has 2 aromatic carbocycles. The van der Waals surface area contributed by atoms with E-state index in [4.69, 9.17) is 16.3 Å². The lowest BCUT2D eigenvalue weighted by molar-refractivity contribution is 0.0920. The van der Waals surface area contributed by atoms with E-state index in [1.165, 1.54) is 0 Å². The van der Waals surface area contributed by atoms with Crippen LogP contribution in [0.25, 0.3) is 0 Å². The van der Waals surface area contributed by atoms with Gasteiger partial charge in [-0.1, -0.05) is 17.7 Å². The summed E-state index contributed by atoms with van der Waals surface area (Å²) in [6.45, 7) is -0.0250. The Bertz CT molecular complexity index is 577. The predicted octanol–water partition coefficient (Wildman–Crippen LogP) is 5.13. The molecule has 0 aliphatic carbocycles. The van der Waals surface area contributed by atoms with Gasteiger partial charge in [0.25, 0.3) is 0 Å². The van der Waals surface area contributed by atoms with Gasteiger partial charge in [0.2, 0.25) is 0 Å². The van der Waals surface area contributed by atoms with Gasteiger partial charge in [-0.2, -0.15) is 0 Å². The van der Waals surface area contributed by atoms with Crippen molar-refractivity contribution in [2.75, 3.05) is 6.61 Å². The number of rotatable bonds is 4. The second kappa shape index (κ2) is 6.55. The number of benzene rings is 2. The van der Waals surface area contributed by atoms with Crippen LogP contribution in [0.3, 0.4) is 0 Å². The lowest BCUT2D eigenvalue weighted by atomic mass is 10.1. The van der Waals surface area contributed by atoms with Crippen molar-refractivity contribution in [3.05, 3.63) is 62.0 Å². The number of carbonyl (C=O) groups excluding carboxylic acids is 1. The molecule has 0 radical (unpaired) electrons. The van der Waals surface area contributed by atoms with Crippen LogP contribution in [-0.4, -0.2) is 12.4 Å². The molecule has 0 unspecified atom stereocenters. The van der Waals surface area contributed by atoms with E-state index in [1.54, 1.807) is 24.3 Å². The minimum atomic E-state index is -0.0979. The summed E-state index contributed by atoms with van der Waals surface area (Å²) in [5.74, 6) is 0.518. The summed E-state index contributed by atoms with van der Waals surface area (Å²) in [7, 11) is 0. The van der Waals surface area contributed by atoms with Crippen LogP contribution in [-0.2, 0) is 0 Å². The summed E-state index contributed by atoms with van der Waals surface area (Å²) >= 11 is 12.5. The normalized spacial score (nSPS) is 10.3. The van der Waals surface area contributed by atoms with Crippen molar-refractivity contribution < 1.29 is 9.53 Å². The zero-order valence-corrected chi connectivity index (χ0v) is 13.6. The van der Waals surface area contributed by atoms with Gasteiger partial charge in [0.1, 0.15) is 5.75 Å². The third kappa shape index (κ3) is 3.81. The van der Waals surface area contributed by atoms with Gasteiger partial charge in [-0.15, -0.1) is 0 Å². The number of carbonyl (C=O) groups is 1. The lowest BCUT2D eigenvalue weighted by Gasteiger charge is -2.09. The molecule has 0 heterocycles. The van der Waals surface area contributed by atoms with Crippen molar-refractivity contribution in [3.8, 4) is 5.75 Å². The molecule has 2 rings (SSSR count). The summed E-state index contributed by atoms with van der Waals surface area (Å²) in [6.07, 6.45) is 0. The van der Waals surface area contributed by atoms with Crippen molar-refractivity contribution in [1.29, 1.82) is 0 Å². The Kier molecular flexibility index (Phi) is 5.02. The maximum atomic E-state index is 12.0. The summed E-state index contributed by atoms with van der Waals surface area (Å²) < 4.78 is 7.13. The molecule has 0 spiro atoms. The zero-order valence-electron chi connectivity index (χ0n) is 9.70. The van der Waals surface area contributed by atoms with Crippen LogP contribution in [0.1, 0.15) is 10.4 Å². The second-order valence-corrected chi connectivity index (χ2v) is 5.91. The molecule has 0 fully saturated rings. The highest BCUT2D eigenvalue weighted by Crippen LogP contribution is 2.33. The van der Waals surface area contributed by atoms with Crippen molar-refractivity contribution in [2.24, 2.45) is 0 Å². The van der Waals surface area contributed by atoms with Gasteiger partial charge in [0, 0.05) is 10.6 Å². The average Bonchev–Trinajstić information content (AvgIpc) is 2.38. The largest absolute Gasteiger partial charge is 0.483 e. The lowest BCUT2D eigenvalue weighted by Crippen LogP contribution is -2.11. The molecule has 0 saturated carbocycles. The van der Waals surface area contributed by atoms with Crippen LogP contribution in [0.2, 0.25) is 5.02 Å². The topological polar surface area (TPSA) is 26.3 Å². The van der Waals surface area contributed by atoms with E-state index >= 15 is 0 Å². The molecular formula is C14H9Br2ClO2. The molecule has 0 atom stereocenters. The molecule has 0 aliphatic heterocycles. The van der Waals surface area contributed by atoms with Crippen LogP contribution < -0.4 is 4.74 Å². The van der Waals surface area contributed by atoms with Gasteiger partial charge in [-0.3, -0.25) is 4.79 Å². The molecule has 5 heteroatoms. The molecule has 2 aromatic rings. The van der Waals surface area contributed by atoms with E-state index in [1.807, 2.05) is 18.2 Å². The first-order valence-electron chi connectivity index (χ1n) is 5.43. The highest BCUT2D eigenvalue weighted by Gasteiger charge is 2.10. The third-order valence-electron chi connectivity index (χ3n) is 2.43. The van der Waals surface area contributed by atoms with Gasteiger partial charge in [0.15, 0.2) is 12.4 Å². The predicted molar refractivity (Wildman–Crippen MR) is 83.1 cm³/mol. The SMILES string of the molecule is O=C(COc1c(Br)cccc1Br)c1ccc(Cl)cc1. The summed E-state index contributed by atoms with van der Waals surface area (Å²) in [5.41, 5.74) is 0.576. The second-order valence-electron chi connectivity index (χ2n) is 3.77. The number of para-hydroxylation sites is 1. The van der Waals surface area contributed by atoms with E-state index in [9.17, 15) is 4.79 Å². The molecule has 0 N–H and O–H groups in total. The van der Waals surface area contributed by atoms with E-state index in [2.05, 4.69) is 31.9 Å². The number of hydrogen-bond donors (Lipinski definition) is 0.